The third-order valence-corrected chi connectivity index (χ3v) is 0.827. The van der Waals surface area contributed by atoms with Crippen LogP contribution in [0.5, 0.6) is 0 Å². The molecule has 0 spiro atoms. The summed E-state index contributed by atoms with van der Waals surface area (Å²) in [7, 11) is 0. The van der Waals surface area contributed by atoms with Crippen LogP contribution >= 0.6 is 0 Å². The minimum atomic E-state index is -1.82. The van der Waals surface area contributed by atoms with Gasteiger partial charge in [0.2, 0.25) is 0 Å². The zero-order valence-electron chi connectivity index (χ0n) is 6.80. The standard InChI is InChI=1S/C5H8O2.C2H2O4/c6-4-2-1-3-5-7;3-1(4)2(5)6/h4-5H,1-3H2;(H,3,4)(H,5,6). The number of rotatable bonds is 4. The second kappa shape index (κ2) is 10.3. The molecule has 0 aromatic rings. The zero-order chi connectivity index (χ0) is 10.7. The lowest BCUT2D eigenvalue weighted by Gasteiger charge is -1.78. The smallest absolute Gasteiger partial charge is 0.414 e. The van der Waals surface area contributed by atoms with Crippen molar-refractivity contribution in [2.75, 3.05) is 0 Å². The number of aliphatic carboxylic acids is 2. The van der Waals surface area contributed by atoms with E-state index in [9.17, 15) is 9.59 Å². The number of hydrogen-bond donors (Lipinski definition) is 2. The summed E-state index contributed by atoms with van der Waals surface area (Å²) in [4.78, 5) is 37.3. The van der Waals surface area contributed by atoms with Gasteiger partial charge in [-0.1, -0.05) is 0 Å². The Labute approximate surface area is 74.2 Å². The largest absolute Gasteiger partial charge is 0.473 e. The van der Waals surface area contributed by atoms with Crippen LogP contribution < -0.4 is 0 Å². The molecule has 0 saturated heterocycles. The molecule has 0 aliphatic heterocycles. The minimum Gasteiger partial charge on any atom is -0.473 e. The third-order valence-electron chi connectivity index (χ3n) is 0.827. The fourth-order valence-electron chi connectivity index (χ4n) is 0.285. The van der Waals surface area contributed by atoms with E-state index in [1.807, 2.05) is 0 Å². The van der Waals surface area contributed by atoms with Crippen LogP contribution in [0.15, 0.2) is 0 Å². The molecule has 0 rings (SSSR count). The SMILES string of the molecule is O=C(O)C(=O)O.O=CCCCC=O. The summed E-state index contributed by atoms with van der Waals surface area (Å²) in [5.41, 5.74) is 0. The first-order chi connectivity index (χ1) is 6.06. The lowest BCUT2D eigenvalue weighted by molar-refractivity contribution is -0.159. The van der Waals surface area contributed by atoms with Gasteiger partial charge in [-0.15, -0.1) is 0 Å². The summed E-state index contributed by atoms with van der Waals surface area (Å²) in [5, 5.41) is 14.8. The summed E-state index contributed by atoms with van der Waals surface area (Å²) in [6.07, 6.45) is 3.37. The number of carboxylic acids is 2. The van der Waals surface area contributed by atoms with E-state index in [1.54, 1.807) is 0 Å². The second-order valence-electron chi connectivity index (χ2n) is 1.87. The van der Waals surface area contributed by atoms with Gasteiger partial charge in [-0.3, -0.25) is 0 Å². The Kier molecular flexibility index (Phi) is 10.9. The Hall–Kier alpha value is -1.72. The summed E-state index contributed by atoms with van der Waals surface area (Å²) >= 11 is 0. The van der Waals surface area contributed by atoms with E-state index in [1.165, 1.54) is 0 Å². The quantitative estimate of drug-likeness (QED) is 0.358. The molecule has 0 heterocycles. The van der Waals surface area contributed by atoms with Gasteiger partial charge < -0.3 is 19.8 Å². The third kappa shape index (κ3) is 17.9. The van der Waals surface area contributed by atoms with Crippen LogP contribution in [-0.4, -0.2) is 34.7 Å². The molecule has 0 saturated carbocycles. The van der Waals surface area contributed by atoms with Crippen molar-refractivity contribution in [3.05, 3.63) is 0 Å². The molecular weight excluding hydrogens is 180 g/mol. The average molecular weight is 190 g/mol. The Morgan fingerprint density at radius 3 is 1.38 bits per heavy atom. The Balaban J connectivity index is 0. The van der Waals surface area contributed by atoms with Crippen molar-refractivity contribution in [1.82, 2.24) is 0 Å². The van der Waals surface area contributed by atoms with Crippen molar-refractivity contribution in [1.29, 1.82) is 0 Å². The Morgan fingerprint density at radius 1 is 0.923 bits per heavy atom. The van der Waals surface area contributed by atoms with E-state index in [0.717, 1.165) is 12.6 Å². The fraction of sp³-hybridized carbons (Fsp3) is 0.429. The molecule has 0 aliphatic carbocycles. The molecule has 0 amide bonds. The van der Waals surface area contributed by atoms with Gasteiger partial charge in [0.05, 0.1) is 0 Å². The molecule has 0 radical (unpaired) electrons. The van der Waals surface area contributed by atoms with E-state index in [-0.39, 0.29) is 0 Å². The number of carbonyl (C=O) groups excluding carboxylic acids is 2. The number of aldehydes is 2. The second-order valence-corrected chi connectivity index (χ2v) is 1.87. The van der Waals surface area contributed by atoms with Crippen LogP contribution in [-0.2, 0) is 19.2 Å². The predicted molar refractivity (Wildman–Crippen MR) is 41.3 cm³/mol. The van der Waals surface area contributed by atoms with Crippen molar-refractivity contribution >= 4 is 24.5 Å². The molecule has 0 fully saturated rings. The molecule has 0 aromatic heterocycles. The summed E-state index contributed by atoms with van der Waals surface area (Å²) < 4.78 is 0. The highest BCUT2D eigenvalue weighted by Gasteiger charge is 2.04. The van der Waals surface area contributed by atoms with E-state index < -0.39 is 11.9 Å². The Bertz CT molecular complexity index is 165. The van der Waals surface area contributed by atoms with E-state index in [4.69, 9.17) is 19.8 Å². The maximum Gasteiger partial charge on any atom is 0.414 e. The topological polar surface area (TPSA) is 109 Å². The molecule has 0 atom stereocenters. The lowest BCUT2D eigenvalue weighted by Crippen LogP contribution is -2.09. The van der Waals surface area contributed by atoms with E-state index in [0.29, 0.717) is 19.3 Å². The van der Waals surface area contributed by atoms with Gasteiger partial charge in [0.1, 0.15) is 12.6 Å². The van der Waals surface area contributed by atoms with Gasteiger partial charge in [0, 0.05) is 12.8 Å². The molecule has 13 heavy (non-hydrogen) atoms. The maximum atomic E-state index is 9.56. The highest BCUT2D eigenvalue weighted by atomic mass is 16.4. The molecule has 2 N–H and O–H groups in total. The van der Waals surface area contributed by atoms with Crippen molar-refractivity contribution in [3.8, 4) is 0 Å². The van der Waals surface area contributed by atoms with Gasteiger partial charge in [-0.2, -0.15) is 0 Å². The van der Waals surface area contributed by atoms with Crippen LogP contribution in [0.3, 0.4) is 0 Å². The molecule has 0 unspecified atom stereocenters. The number of carbonyl (C=O) groups is 4. The fourth-order valence-corrected chi connectivity index (χ4v) is 0.285. The van der Waals surface area contributed by atoms with Crippen LogP contribution in [0.1, 0.15) is 19.3 Å². The number of unbranched alkanes of at least 4 members (excludes halogenated alkanes) is 2. The summed E-state index contributed by atoms with van der Waals surface area (Å²) in [6, 6.07) is 0. The Morgan fingerprint density at radius 2 is 1.23 bits per heavy atom. The molecule has 6 nitrogen and oxygen atoms in total. The van der Waals surface area contributed by atoms with Gasteiger partial charge in [0.25, 0.3) is 0 Å². The highest BCUT2D eigenvalue weighted by molar-refractivity contribution is 6.27. The van der Waals surface area contributed by atoms with Crippen LogP contribution in [0, 0.1) is 0 Å². The minimum absolute atomic E-state index is 0.513. The number of hydrogen-bond acceptors (Lipinski definition) is 4. The molecule has 6 heteroatoms. The van der Waals surface area contributed by atoms with Crippen molar-refractivity contribution in [2.24, 2.45) is 0 Å². The monoisotopic (exact) mass is 190 g/mol. The van der Waals surface area contributed by atoms with E-state index >= 15 is 0 Å². The van der Waals surface area contributed by atoms with Crippen LogP contribution in [0.2, 0.25) is 0 Å². The molecular formula is C7H10O6. The number of carboxylic acid groups (broad SMARTS) is 2. The first kappa shape index (κ1) is 13.8. The maximum absolute atomic E-state index is 9.56. The van der Waals surface area contributed by atoms with Crippen molar-refractivity contribution in [3.63, 3.8) is 0 Å². The summed E-state index contributed by atoms with van der Waals surface area (Å²) in [6.45, 7) is 0. The van der Waals surface area contributed by atoms with Crippen LogP contribution in [0.25, 0.3) is 0 Å². The zero-order valence-corrected chi connectivity index (χ0v) is 6.80. The average Bonchev–Trinajstić information content (AvgIpc) is 2.06. The normalized spacial score (nSPS) is 7.69. The lowest BCUT2D eigenvalue weighted by atomic mass is 10.3. The summed E-state index contributed by atoms with van der Waals surface area (Å²) in [5.74, 6) is -3.65. The van der Waals surface area contributed by atoms with Gasteiger partial charge in [0.15, 0.2) is 0 Å². The van der Waals surface area contributed by atoms with Crippen LogP contribution in [0.4, 0.5) is 0 Å². The first-order valence-electron chi connectivity index (χ1n) is 3.39. The van der Waals surface area contributed by atoms with Gasteiger partial charge >= 0.3 is 11.9 Å². The van der Waals surface area contributed by atoms with E-state index in [2.05, 4.69) is 0 Å². The first-order valence-corrected chi connectivity index (χ1v) is 3.39. The highest BCUT2D eigenvalue weighted by Crippen LogP contribution is 1.85. The van der Waals surface area contributed by atoms with Gasteiger partial charge in [-0.05, 0) is 6.42 Å². The molecule has 74 valence electrons. The van der Waals surface area contributed by atoms with Crippen molar-refractivity contribution in [2.45, 2.75) is 19.3 Å². The molecule has 0 aliphatic rings. The van der Waals surface area contributed by atoms with Crippen molar-refractivity contribution < 1.29 is 29.4 Å². The predicted octanol–water partition coefficient (Wildman–Crippen LogP) is -0.290. The van der Waals surface area contributed by atoms with Gasteiger partial charge in [-0.25, -0.2) is 9.59 Å². The molecule has 0 aromatic carbocycles. The molecule has 0 bridgehead atoms.